The summed E-state index contributed by atoms with van der Waals surface area (Å²) in [7, 11) is 0. The van der Waals surface area contributed by atoms with Gasteiger partial charge in [-0.25, -0.2) is 10.2 Å². The summed E-state index contributed by atoms with van der Waals surface area (Å²) < 4.78 is 0. The monoisotopic (exact) mass is 131 g/mol. The highest BCUT2D eigenvalue weighted by Crippen LogP contribution is 2.11. The Hall–Kier alpha value is -0.120. The SMILES string of the molecule is CC(C)C(N)(C[O])C[O]. The molecule has 3 nitrogen and oxygen atoms in total. The maximum Gasteiger partial charge on any atom is 0.103 e. The Morgan fingerprint density at radius 2 is 1.67 bits per heavy atom. The quantitative estimate of drug-likeness (QED) is 0.584. The van der Waals surface area contributed by atoms with Gasteiger partial charge in [0.2, 0.25) is 0 Å². The highest BCUT2D eigenvalue weighted by Gasteiger charge is 2.28. The first-order chi connectivity index (χ1) is 4.06. The van der Waals surface area contributed by atoms with Gasteiger partial charge in [-0.1, -0.05) is 13.8 Å². The molecule has 2 radical (unpaired) electrons. The van der Waals surface area contributed by atoms with E-state index in [1.54, 1.807) is 13.8 Å². The van der Waals surface area contributed by atoms with E-state index in [0.29, 0.717) is 0 Å². The van der Waals surface area contributed by atoms with Crippen molar-refractivity contribution >= 4 is 0 Å². The molecule has 0 aliphatic carbocycles. The molecule has 0 aromatic carbocycles. The van der Waals surface area contributed by atoms with Crippen LogP contribution in [-0.2, 0) is 10.2 Å². The second-order valence-corrected chi connectivity index (χ2v) is 2.68. The van der Waals surface area contributed by atoms with Gasteiger partial charge in [0.05, 0.1) is 5.54 Å². The van der Waals surface area contributed by atoms with E-state index in [9.17, 15) is 10.2 Å². The molecule has 0 atom stereocenters. The largest absolute Gasteiger partial charge is 0.321 e. The fourth-order valence-electron chi connectivity index (χ4n) is 0.375. The molecule has 9 heavy (non-hydrogen) atoms. The molecule has 0 heterocycles. The van der Waals surface area contributed by atoms with Crippen molar-refractivity contribution < 1.29 is 10.2 Å². The molecule has 0 unspecified atom stereocenters. The molecule has 0 aliphatic rings. The number of rotatable bonds is 3. The third-order valence-corrected chi connectivity index (χ3v) is 1.69. The second-order valence-electron chi connectivity index (χ2n) is 2.68. The maximum atomic E-state index is 10.3. The summed E-state index contributed by atoms with van der Waals surface area (Å²) in [6.45, 7) is 2.62. The minimum absolute atomic E-state index is 0.0208. The summed E-state index contributed by atoms with van der Waals surface area (Å²) in [5.41, 5.74) is 4.39. The molecule has 0 amide bonds. The van der Waals surface area contributed by atoms with Gasteiger partial charge in [-0.3, -0.25) is 0 Å². The Labute approximate surface area is 55.5 Å². The number of hydrogen-bond acceptors (Lipinski definition) is 1. The molecule has 0 rings (SSSR count). The zero-order valence-corrected chi connectivity index (χ0v) is 5.89. The molecule has 0 saturated carbocycles. The van der Waals surface area contributed by atoms with E-state index in [1.165, 1.54) is 0 Å². The second kappa shape index (κ2) is 3.15. The van der Waals surface area contributed by atoms with Crippen LogP contribution in [-0.4, -0.2) is 18.8 Å². The van der Waals surface area contributed by atoms with Gasteiger partial charge in [0.15, 0.2) is 0 Å². The lowest BCUT2D eigenvalue weighted by Crippen LogP contribution is -2.51. The predicted molar refractivity (Wildman–Crippen MR) is 32.9 cm³/mol. The topological polar surface area (TPSA) is 65.8 Å². The van der Waals surface area contributed by atoms with Crippen LogP contribution in [0.5, 0.6) is 0 Å². The van der Waals surface area contributed by atoms with Crippen LogP contribution in [0, 0.1) is 5.92 Å². The van der Waals surface area contributed by atoms with Gasteiger partial charge in [0, 0.05) is 0 Å². The first-order valence-electron chi connectivity index (χ1n) is 3.02. The molecule has 0 saturated heterocycles. The van der Waals surface area contributed by atoms with Gasteiger partial charge in [-0.2, -0.15) is 0 Å². The Balaban J connectivity index is 3.92. The van der Waals surface area contributed by atoms with Gasteiger partial charge in [0.25, 0.3) is 0 Å². The molecular formula is C6H13NO2. The molecule has 3 heteroatoms. The Morgan fingerprint density at radius 1 is 1.33 bits per heavy atom. The fraction of sp³-hybridized carbons (Fsp3) is 1.00. The van der Waals surface area contributed by atoms with Crippen molar-refractivity contribution in [2.24, 2.45) is 11.7 Å². The van der Waals surface area contributed by atoms with Crippen LogP contribution < -0.4 is 5.73 Å². The maximum absolute atomic E-state index is 10.3. The number of nitrogens with two attached hydrogens (primary N) is 1. The standard InChI is InChI=1S/C6H13NO2/c1-5(2)6(7,3-8)4-9/h5H,3-4,7H2,1-2H3. The van der Waals surface area contributed by atoms with Gasteiger partial charge >= 0.3 is 0 Å². The molecule has 0 spiro atoms. The molecule has 0 aliphatic heterocycles. The lowest BCUT2D eigenvalue weighted by atomic mass is 9.89. The summed E-state index contributed by atoms with van der Waals surface area (Å²) >= 11 is 0. The molecule has 0 bridgehead atoms. The zero-order valence-electron chi connectivity index (χ0n) is 5.89. The van der Waals surface area contributed by atoms with Gasteiger partial charge < -0.3 is 5.73 Å². The summed E-state index contributed by atoms with van der Waals surface area (Å²) in [4.78, 5) is 0. The van der Waals surface area contributed by atoms with E-state index in [-0.39, 0.29) is 5.92 Å². The minimum Gasteiger partial charge on any atom is -0.321 e. The van der Waals surface area contributed by atoms with Crippen LogP contribution in [0.2, 0.25) is 0 Å². The van der Waals surface area contributed by atoms with Crippen LogP contribution in [0.4, 0.5) is 0 Å². The molecule has 0 aromatic heterocycles. The van der Waals surface area contributed by atoms with Crippen molar-refractivity contribution in [1.82, 2.24) is 0 Å². The van der Waals surface area contributed by atoms with E-state index in [4.69, 9.17) is 5.73 Å². The highest BCUT2D eigenvalue weighted by molar-refractivity contribution is 4.85. The van der Waals surface area contributed by atoms with E-state index < -0.39 is 18.8 Å². The molecule has 0 aromatic rings. The normalized spacial score (nSPS) is 12.7. The fourth-order valence-corrected chi connectivity index (χ4v) is 0.375. The van der Waals surface area contributed by atoms with E-state index in [2.05, 4.69) is 0 Å². The van der Waals surface area contributed by atoms with Gasteiger partial charge in [-0.15, -0.1) is 0 Å². The van der Waals surface area contributed by atoms with Crippen molar-refractivity contribution in [3.63, 3.8) is 0 Å². The number of hydrogen-bond donors (Lipinski definition) is 1. The Morgan fingerprint density at radius 3 is 1.67 bits per heavy atom. The molecule has 0 fully saturated rings. The van der Waals surface area contributed by atoms with Crippen LogP contribution in [0.3, 0.4) is 0 Å². The third-order valence-electron chi connectivity index (χ3n) is 1.69. The first kappa shape index (κ1) is 8.88. The minimum atomic E-state index is -1.03. The summed E-state index contributed by atoms with van der Waals surface area (Å²) in [5.74, 6) is -0.0208. The Bertz CT molecular complexity index is 79.1. The molecule has 54 valence electrons. The van der Waals surface area contributed by atoms with Crippen LogP contribution in [0.1, 0.15) is 13.8 Å². The molecular weight excluding hydrogens is 118 g/mol. The van der Waals surface area contributed by atoms with Crippen molar-refractivity contribution in [2.45, 2.75) is 19.4 Å². The summed E-state index contributed by atoms with van der Waals surface area (Å²) in [5, 5.41) is 20.6. The van der Waals surface area contributed by atoms with Crippen molar-refractivity contribution in [2.75, 3.05) is 13.2 Å². The van der Waals surface area contributed by atoms with Crippen molar-refractivity contribution in [3.8, 4) is 0 Å². The van der Waals surface area contributed by atoms with Crippen molar-refractivity contribution in [1.29, 1.82) is 0 Å². The first-order valence-corrected chi connectivity index (χ1v) is 3.02. The van der Waals surface area contributed by atoms with Crippen molar-refractivity contribution in [3.05, 3.63) is 0 Å². The Kier molecular flexibility index (Phi) is 3.11. The summed E-state index contributed by atoms with van der Waals surface area (Å²) in [6, 6.07) is 0. The van der Waals surface area contributed by atoms with E-state index >= 15 is 0 Å². The molecule has 2 N–H and O–H groups in total. The van der Waals surface area contributed by atoms with E-state index in [0.717, 1.165) is 0 Å². The zero-order chi connectivity index (χ0) is 7.49. The van der Waals surface area contributed by atoms with Crippen LogP contribution in [0.25, 0.3) is 0 Å². The summed E-state index contributed by atoms with van der Waals surface area (Å²) in [6.07, 6.45) is 0. The smallest absolute Gasteiger partial charge is 0.103 e. The van der Waals surface area contributed by atoms with Gasteiger partial charge in [-0.05, 0) is 5.92 Å². The van der Waals surface area contributed by atoms with Crippen LogP contribution >= 0.6 is 0 Å². The average molecular weight is 131 g/mol. The lowest BCUT2D eigenvalue weighted by molar-refractivity contribution is 0.0243. The highest BCUT2D eigenvalue weighted by atomic mass is 16.3. The lowest BCUT2D eigenvalue weighted by Gasteiger charge is -2.26. The van der Waals surface area contributed by atoms with Crippen LogP contribution in [0.15, 0.2) is 0 Å². The van der Waals surface area contributed by atoms with E-state index in [1.807, 2.05) is 0 Å². The average Bonchev–Trinajstić information content (AvgIpc) is 1.86. The third kappa shape index (κ3) is 1.93. The predicted octanol–water partition coefficient (Wildman–Crippen LogP) is 0.201. The van der Waals surface area contributed by atoms with Gasteiger partial charge in [0.1, 0.15) is 13.2 Å².